The molecule has 1 aromatic rings. The molecule has 0 aliphatic rings. The average molecular weight is 329 g/mol. The van der Waals surface area contributed by atoms with E-state index in [9.17, 15) is 4.79 Å². The first-order valence-corrected chi connectivity index (χ1v) is 6.72. The minimum Gasteiger partial charge on any atom is -0.493 e. The Morgan fingerprint density at radius 3 is 2.74 bits per heavy atom. The Balaban J connectivity index is 3.10. The highest BCUT2D eigenvalue weighted by molar-refractivity contribution is 9.10. The molecule has 0 aliphatic carbocycles. The van der Waals surface area contributed by atoms with E-state index in [4.69, 9.17) is 14.6 Å². The van der Waals surface area contributed by atoms with Crippen molar-refractivity contribution in [1.82, 2.24) is 0 Å². The number of hydrogen-bond donors (Lipinski definition) is 1. The van der Waals surface area contributed by atoms with Crippen LogP contribution in [0.25, 0.3) is 6.08 Å². The first kappa shape index (κ1) is 15.6. The molecule has 0 fully saturated rings. The van der Waals surface area contributed by atoms with Crippen molar-refractivity contribution >= 4 is 28.0 Å². The fourth-order valence-corrected chi connectivity index (χ4v) is 1.96. The maximum Gasteiger partial charge on any atom is 0.328 e. The molecular weight excluding hydrogens is 312 g/mol. The van der Waals surface area contributed by atoms with Gasteiger partial charge in [0.1, 0.15) is 0 Å². The number of carboxylic acid groups (broad SMARTS) is 1. The molecule has 1 aromatic carbocycles. The number of rotatable bonds is 6. The largest absolute Gasteiger partial charge is 0.493 e. The molecule has 0 aliphatic heterocycles. The molecule has 4 nitrogen and oxygen atoms in total. The molecule has 0 amide bonds. The van der Waals surface area contributed by atoms with Crippen molar-refractivity contribution in [3.63, 3.8) is 0 Å². The van der Waals surface area contributed by atoms with Crippen LogP contribution in [0.15, 0.2) is 22.7 Å². The van der Waals surface area contributed by atoms with Gasteiger partial charge in [-0.15, -0.1) is 0 Å². The molecule has 5 heteroatoms. The standard InChI is InChI=1S/C14H17BrO4/c1-4-9(2)19-14-11(15)7-10(5-6-13(16)17)8-12(14)18-3/h5-9H,4H2,1-3H3,(H,16,17)/b6-5+. The van der Waals surface area contributed by atoms with Crippen LogP contribution in [0.3, 0.4) is 0 Å². The number of hydrogen-bond acceptors (Lipinski definition) is 3. The second-order valence-electron chi connectivity index (χ2n) is 4.04. The van der Waals surface area contributed by atoms with E-state index in [2.05, 4.69) is 15.9 Å². The minimum absolute atomic E-state index is 0.0746. The lowest BCUT2D eigenvalue weighted by molar-refractivity contribution is -0.131. The van der Waals surface area contributed by atoms with Crippen LogP contribution < -0.4 is 9.47 Å². The average Bonchev–Trinajstić information content (AvgIpc) is 2.38. The van der Waals surface area contributed by atoms with Gasteiger partial charge in [-0.3, -0.25) is 0 Å². The molecule has 0 radical (unpaired) electrons. The van der Waals surface area contributed by atoms with Gasteiger partial charge in [-0.2, -0.15) is 0 Å². The molecule has 104 valence electrons. The summed E-state index contributed by atoms with van der Waals surface area (Å²) in [5.41, 5.74) is 0.725. The van der Waals surface area contributed by atoms with E-state index in [0.29, 0.717) is 11.5 Å². The summed E-state index contributed by atoms with van der Waals surface area (Å²) in [5.74, 6) is 0.207. The summed E-state index contributed by atoms with van der Waals surface area (Å²) in [4.78, 5) is 10.5. The maximum atomic E-state index is 10.5. The fourth-order valence-electron chi connectivity index (χ4n) is 1.40. The zero-order valence-corrected chi connectivity index (χ0v) is 12.7. The number of carboxylic acids is 1. The van der Waals surface area contributed by atoms with E-state index in [0.717, 1.165) is 22.5 Å². The van der Waals surface area contributed by atoms with Gasteiger partial charge in [0.25, 0.3) is 0 Å². The number of carbonyl (C=O) groups is 1. The van der Waals surface area contributed by atoms with Gasteiger partial charge in [0.05, 0.1) is 17.7 Å². The quantitative estimate of drug-likeness (QED) is 0.808. The number of ether oxygens (including phenoxy) is 2. The molecule has 0 heterocycles. The van der Waals surface area contributed by atoms with Crippen molar-refractivity contribution < 1.29 is 19.4 Å². The summed E-state index contributed by atoms with van der Waals surface area (Å²) >= 11 is 3.42. The van der Waals surface area contributed by atoms with Crippen LogP contribution in [0.1, 0.15) is 25.8 Å². The van der Waals surface area contributed by atoms with E-state index in [-0.39, 0.29) is 6.10 Å². The molecular formula is C14H17BrO4. The summed E-state index contributed by atoms with van der Waals surface area (Å²) in [6.45, 7) is 4.01. The summed E-state index contributed by atoms with van der Waals surface area (Å²) in [6, 6.07) is 3.53. The van der Waals surface area contributed by atoms with Crippen LogP contribution in [-0.2, 0) is 4.79 Å². The molecule has 1 rings (SSSR count). The number of benzene rings is 1. The van der Waals surface area contributed by atoms with Crippen LogP contribution in [-0.4, -0.2) is 24.3 Å². The molecule has 0 saturated heterocycles. The lowest BCUT2D eigenvalue weighted by atomic mass is 10.2. The van der Waals surface area contributed by atoms with Crippen molar-refractivity contribution in [1.29, 1.82) is 0 Å². The predicted molar refractivity (Wildman–Crippen MR) is 77.7 cm³/mol. The van der Waals surface area contributed by atoms with Gasteiger partial charge in [-0.1, -0.05) is 6.92 Å². The van der Waals surface area contributed by atoms with E-state index in [1.807, 2.05) is 13.8 Å². The van der Waals surface area contributed by atoms with Gasteiger partial charge in [0.15, 0.2) is 11.5 Å². The second-order valence-corrected chi connectivity index (χ2v) is 4.90. The van der Waals surface area contributed by atoms with E-state index >= 15 is 0 Å². The molecule has 0 bridgehead atoms. The summed E-state index contributed by atoms with van der Waals surface area (Å²) in [7, 11) is 1.55. The third-order valence-electron chi connectivity index (χ3n) is 2.56. The molecule has 0 aromatic heterocycles. The van der Waals surface area contributed by atoms with Crippen LogP contribution >= 0.6 is 15.9 Å². The fraction of sp³-hybridized carbons (Fsp3) is 0.357. The Hall–Kier alpha value is -1.49. The summed E-state index contributed by atoms with van der Waals surface area (Å²) < 4.78 is 11.8. The van der Waals surface area contributed by atoms with Crippen molar-refractivity contribution in [2.24, 2.45) is 0 Å². The normalized spacial score (nSPS) is 12.4. The minimum atomic E-state index is -0.991. The highest BCUT2D eigenvalue weighted by atomic mass is 79.9. The van der Waals surface area contributed by atoms with Crippen LogP contribution in [0.4, 0.5) is 0 Å². The first-order valence-electron chi connectivity index (χ1n) is 5.93. The Labute approximate surface area is 121 Å². The smallest absolute Gasteiger partial charge is 0.328 e. The number of halogens is 1. The number of methoxy groups -OCH3 is 1. The molecule has 0 spiro atoms. The van der Waals surface area contributed by atoms with E-state index in [1.54, 1.807) is 19.2 Å². The Kier molecular flexibility index (Phi) is 5.89. The van der Waals surface area contributed by atoms with Crippen LogP contribution in [0.2, 0.25) is 0 Å². The summed E-state index contributed by atoms with van der Waals surface area (Å²) in [5, 5.41) is 8.62. The SMILES string of the molecule is CCC(C)Oc1c(Br)cc(/C=C/C(=O)O)cc1OC. The third kappa shape index (κ3) is 4.59. The lowest BCUT2D eigenvalue weighted by Crippen LogP contribution is -2.11. The van der Waals surface area contributed by atoms with Gasteiger partial charge in [0, 0.05) is 6.08 Å². The van der Waals surface area contributed by atoms with Crippen LogP contribution in [0.5, 0.6) is 11.5 Å². The zero-order valence-electron chi connectivity index (χ0n) is 11.1. The monoisotopic (exact) mass is 328 g/mol. The Morgan fingerprint density at radius 1 is 1.53 bits per heavy atom. The van der Waals surface area contributed by atoms with Crippen LogP contribution in [0, 0.1) is 0 Å². The molecule has 1 N–H and O–H groups in total. The van der Waals surface area contributed by atoms with Crippen molar-refractivity contribution in [2.75, 3.05) is 7.11 Å². The van der Waals surface area contributed by atoms with Crippen molar-refractivity contribution in [3.8, 4) is 11.5 Å². The zero-order chi connectivity index (χ0) is 14.4. The van der Waals surface area contributed by atoms with E-state index < -0.39 is 5.97 Å². The number of aliphatic carboxylic acids is 1. The van der Waals surface area contributed by atoms with Gasteiger partial charge in [0.2, 0.25) is 0 Å². The van der Waals surface area contributed by atoms with Crippen molar-refractivity contribution in [3.05, 3.63) is 28.2 Å². The molecule has 0 saturated carbocycles. The van der Waals surface area contributed by atoms with Crippen molar-refractivity contribution in [2.45, 2.75) is 26.4 Å². The van der Waals surface area contributed by atoms with Gasteiger partial charge in [-0.25, -0.2) is 4.79 Å². The van der Waals surface area contributed by atoms with E-state index in [1.165, 1.54) is 6.08 Å². The summed E-state index contributed by atoms with van der Waals surface area (Å²) in [6.07, 6.45) is 3.54. The maximum absolute atomic E-state index is 10.5. The predicted octanol–water partition coefficient (Wildman–Crippen LogP) is 3.73. The highest BCUT2D eigenvalue weighted by Gasteiger charge is 2.13. The molecule has 19 heavy (non-hydrogen) atoms. The highest BCUT2D eigenvalue weighted by Crippen LogP contribution is 2.37. The third-order valence-corrected chi connectivity index (χ3v) is 3.15. The Bertz CT molecular complexity index is 483. The van der Waals surface area contributed by atoms with Gasteiger partial charge < -0.3 is 14.6 Å². The lowest BCUT2D eigenvalue weighted by Gasteiger charge is -2.17. The second kappa shape index (κ2) is 7.19. The first-order chi connectivity index (χ1) is 8.97. The topological polar surface area (TPSA) is 55.8 Å². The van der Waals surface area contributed by atoms with Gasteiger partial charge in [-0.05, 0) is 53.0 Å². The van der Waals surface area contributed by atoms with Gasteiger partial charge >= 0.3 is 5.97 Å². The Morgan fingerprint density at radius 2 is 2.21 bits per heavy atom. The molecule has 1 atom stereocenters. The molecule has 1 unspecified atom stereocenters.